The number of methoxy groups -OCH3 is 1. The number of piperidine rings is 1. The first-order valence-electron chi connectivity index (χ1n) is 7.00. The molecule has 0 amide bonds. The highest BCUT2D eigenvalue weighted by atomic mass is 32.2. The maximum atomic E-state index is 12.3. The normalized spacial score (nSPS) is 18.0. The lowest BCUT2D eigenvalue weighted by atomic mass is 10.1. The Morgan fingerprint density at radius 2 is 1.90 bits per heavy atom. The first kappa shape index (κ1) is 16.6. The number of thioether (sulfide) groups is 1. The second kappa shape index (κ2) is 7.49. The van der Waals surface area contributed by atoms with Crippen LogP contribution in [-0.4, -0.2) is 50.5 Å². The summed E-state index contributed by atoms with van der Waals surface area (Å²) in [4.78, 5) is 1.04. The van der Waals surface area contributed by atoms with E-state index in [0.717, 1.165) is 17.7 Å². The van der Waals surface area contributed by atoms with Gasteiger partial charge in [0.1, 0.15) is 0 Å². The molecule has 118 valence electrons. The molecule has 0 aliphatic carbocycles. The molecule has 2 N–H and O–H groups in total. The van der Waals surface area contributed by atoms with E-state index >= 15 is 0 Å². The van der Waals surface area contributed by atoms with E-state index in [-0.39, 0.29) is 11.9 Å². The molecule has 0 spiro atoms. The number of hydrogen-bond donors (Lipinski definition) is 1. The fraction of sp³-hybridized carbons (Fsp3) is 0.571. The van der Waals surface area contributed by atoms with Gasteiger partial charge in [-0.2, -0.15) is 0 Å². The quantitative estimate of drug-likeness (QED) is 0.636. The van der Waals surface area contributed by atoms with Crippen LogP contribution < -0.4 is 5.73 Å². The number of anilines is 1. The fourth-order valence-corrected chi connectivity index (χ4v) is 5.07. The highest BCUT2D eigenvalue weighted by Gasteiger charge is 2.27. The van der Waals surface area contributed by atoms with Crippen molar-refractivity contribution in [3.63, 3.8) is 0 Å². The van der Waals surface area contributed by atoms with Crippen LogP contribution in [0, 0.1) is 0 Å². The Hall–Kier alpha value is -0.760. The fourth-order valence-electron chi connectivity index (χ4n) is 2.30. The third kappa shape index (κ3) is 4.88. The second-order valence-corrected chi connectivity index (χ2v) is 8.32. The molecule has 7 heteroatoms. The van der Waals surface area contributed by atoms with E-state index < -0.39 is 10.0 Å². The van der Waals surface area contributed by atoms with Crippen molar-refractivity contribution < 1.29 is 13.2 Å². The van der Waals surface area contributed by atoms with Gasteiger partial charge in [0, 0.05) is 36.5 Å². The molecule has 0 bridgehead atoms. The van der Waals surface area contributed by atoms with Crippen molar-refractivity contribution in [3.05, 3.63) is 24.3 Å². The molecule has 1 aliphatic heterocycles. The predicted octanol–water partition coefficient (Wildman–Crippen LogP) is 1.80. The summed E-state index contributed by atoms with van der Waals surface area (Å²) in [5, 5.41) is 0. The van der Waals surface area contributed by atoms with E-state index in [0.29, 0.717) is 24.5 Å². The van der Waals surface area contributed by atoms with Gasteiger partial charge < -0.3 is 10.5 Å². The molecular formula is C14H22N2O3S2. The number of sulfonamides is 1. The summed E-state index contributed by atoms with van der Waals surface area (Å²) in [6.07, 6.45) is 1.75. The van der Waals surface area contributed by atoms with Gasteiger partial charge in [0.05, 0.1) is 11.9 Å². The van der Waals surface area contributed by atoms with E-state index in [1.54, 1.807) is 11.4 Å². The van der Waals surface area contributed by atoms with Gasteiger partial charge in [-0.3, -0.25) is 0 Å². The van der Waals surface area contributed by atoms with Gasteiger partial charge in [0.2, 0.25) is 10.0 Å². The summed E-state index contributed by atoms with van der Waals surface area (Å²) in [5.41, 5.74) is 6.34. The minimum Gasteiger partial charge on any atom is -0.399 e. The summed E-state index contributed by atoms with van der Waals surface area (Å²) < 4.78 is 31.4. The predicted molar refractivity (Wildman–Crippen MR) is 87.0 cm³/mol. The van der Waals surface area contributed by atoms with Crippen LogP contribution in [0.2, 0.25) is 0 Å². The van der Waals surface area contributed by atoms with Crippen LogP contribution in [0.5, 0.6) is 0 Å². The smallest absolute Gasteiger partial charge is 0.214 e. The lowest BCUT2D eigenvalue weighted by Gasteiger charge is -2.30. The molecule has 0 saturated carbocycles. The number of nitrogens with two attached hydrogens (primary N) is 1. The molecule has 1 saturated heterocycles. The first-order valence-corrected chi connectivity index (χ1v) is 9.60. The van der Waals surface area contributed by atoms with Crippen molar-refractivity contribution in [1.82, 2.24) is 4.31 Å². The maximum absolute atomic E-state index is 12.3. The van der Waals surface area contributed by atoms with E-state index in [9.17, 15) is 8.42 Å². The number of rotatable bonds is 6. The third-order valence-electron chi connectivity index (χ3n) is 3.62. The van der Waals surface area contributed by atoms with Crippen molar-refractivity contribution in [2.24, 2.45) is 0 Å². The summed E-state index contributed by atoms with van der Waals surface area (Å²) in [6.45, 7) is 1.13. The van der Waals surface area contributed by atoms with Gasteiger partial charge in [-0.05, 0) is 37.1 Å². The summed E-state index contributed by atoms with van der Waals surface area (Å²) >= 11 is 1.54. The van der Waals surface area contributed by atoms with Gasteiger partial charge >= 0.3 is 0 Å². The minimum atomic E-state index is -3.16. The van der Waals surface area contributed by atoms with Crippen LogP contribution in [0.25, 0.3) is 0 Å². The molecule has 5 nitrogen and oxygen atoms in total. The molecule has 0 radical (unpaired) electrons. The Kier molecular flexibility index (Phi) is 5.92. The zero-order chi connectivity index (χ0) is 15.3. The van der Waals surface area contributed by atoms with Crippen molar-refractivity contribution in [2.45, 2.75) is 23.8 Å². The van der Waals surface area contributed by atoms with Crippen LogP contribution in [0.3, 0.4) is 0 Å². The van der Waals surface area contributed by atoms with Crippen molar-refractivity contribution >= 4 is 27.5 Å². The van der Waals surface area contributed by atoms with Crippen LogP contribution in [0.15, 0.2) is 29.2 Å². The molecule has 1 fully saturated rings. The molecule has 0 aromatic heterocycles. The zero-order valence-corrected chi connectivity index (χ0v) is 13.8. The molecular weight excluding hydrogens is 308 g/mol. The Morgan fingerprint density at radius 3 is 2.48 bits per heavy atom. The molecule has 2 rings (SSSR count). The van der Waals surface area contributed by atoms with Crippen LogP contribution in [-0.2, 0) is 14.8 Å². The van der Waals surface area contributed by atoms with Crippen LogP contribution >= 0.6 is 11.8 Å². The number of nitrogen functional groups attached to an aromatic ring is 1. The molecule has 1 aliphatic rings. The summed E-state index contributed by atoms with van der Waals surface area (Å²) in [5.74, 6) is 0.718. The Bertz CT molecular complexity index is 538. The largest absolute Gasteiger partial charge is 0.399 e. The van der Waals surface area contributed by atoms with E-state index in [1.807, 2.05) is 24.3 Å². The van der Waals surface area contributed by atoms with Gasteiger partial charge in [-0.25, -0.2) is 12.7 Å². The first-order chi connectivity index (χ1) is 10.0. The van der Waals surface area contributed by atoms with Crippen LogP contribution in [0.1, 0.15) is 12.8 Å². The minimum absolute atomic E-state index is 0.166. The molecule has 1 heterocycles. The monoisotopic (exact) mass is 330 g/mol. The summed E-state index contributed by atoms with van der Waals surface area (Å²) in [7, 11) is -1.48. The van der Waals surface area contributed by atoms with Gasteiger partial charge in [0.15, 0.2) is 0 Å². The number of ether oxygens (including phenoxy) is 1. The summed E-state index contributed by atoms with van der Waals surface area (Å²) in [6, 6.07) is 7.48. The Labute approximate surface area is 130 Å². The lowest BCUT2D eigenvalue weighted by molar-refractivity contribution is 0.0605. The van der Waals surface area contributed by atoms with E-state index in [1.165, 1.54) is 11.8 Å². The SMILES string of the molecule is COC1CCN(S(=O)(=O)CCSc2ccc(N)cc2)CC1. The Balaban J connectivity index is 1.80. The maximum Gasteiger partial charge on any atom is 0.214 e. The van der Waals surface area contributed by atoms with Crippen molar-refractivity contribution in [2.75, 3.05) is 37.4 Å². The standard InChI is InChI=1S/C14H22N2O3S2/c1-19-13-6-8-16(9-7-13)21(17,18)11-10-20-14-4-2-12(15)3-5-14/h2-5,13H,6-11,15H2,1H3. The average molecular weight is 330 g/mol. The third-order valence-corrected chi connectivity index (χ3v) is 6.76. The molecule has 0 unspecified atom stereocenters. The van der Waals surface area contributed by atoms with Crippen molar-refractivity contribution in [1.29, 1.82) is 0 Å². The number of benzene rings is 1. The molecule has 0 atom stereocenters. The number of nitrogens with zero attached hydrogens (tertiary/aromatic N) is 1. The number of hydrogen-bond acceptors (Lipinski definition) is 5. The molecule has 21 heavy (non-hydrogen) atoms. The van der Waals surface area contributed by atoms with Crippen molar-refractivity contribution in [3.8, 4) is 0 Å². The zero-order valence-electron chi connectivity index (χ0n) is 12.2. The van der Waals surface area contributed by atoms with Crippen LogP contribution in [0.4, 0.5) is 5.69 Å². The molecule has 1 aromatic carbocycles. The van der Waals surface area contributed by atoms with Gasteiger partial charge in [-0.15, -0.1) is 11.8 Å². The second-order valence-electron chi connectivity index (χ2n) is 5.07. The van der Waals surface area contributed by atoms with E-state index in [4.69, 9.17) is 10.5 Å². The topological polar surface area (TPSA) is 72.6 Å². The van der Waals surface area contributed by atoms with E-state index in [2.05, 4.69) is 0 Å². The average Bonchev–Trinajstić information content (AvgIpc) is 2.49. The van der Waals surface area contributed by atoms with Gasteiger partial charge in [-0.1, -0.05) is 0 Å². The Morgan fingerprint density at radius 1 is 1.29 bits per heavy atom. The van der Waals surface area contributed by atoms with Gasteiger partial charge in [0.25, 0.3) is 0 Å². The molecule has 1 aromatic rings. The highest BCUT2D eigenvalue weighted by Crippen LogP contribution is 2.21. The lowest BCUT2D eigenvalue weighted by Crippen LogP contribution is -2.42. The highest BCUT2D eigenvalue weighted by molar-refractivity contribution is 8.00.